The summed E-state index contributed by atoms with van der Waals surface area (Å²) in [4.78, 5) is 13.2. The first-order chi connectivity index (χ1) is 12.6. The molecule has 0 spiro atoms. The predicted molar refractivity (Wildman–Crippen MR) is 98.8 cm³/mol. The van der Waals surface area contributed by atoms with Crippen molar-refractivity contribution in [1.82, 2.24) is 34.5 Å². The van der Waals surface area contributed by atoms with E-state index < -0.39 is 6.10 Å². The second kappa shape index (κ2) is 6.93. The Kier molecular flexibility index (Phi) is 4.48. The second-order valence-electron chi connectivity index (χ2n) is 6.10. The van der Waals surface area contributed by atoms with Crippen molar-refractivity contribution in [3.05, 3.63) is 41.7 Å². The van der Waals surface area contributed by atoms with Gasteiger partial charge < -0.3 is 5.11 Å². The van der Waals surface area contributed by atoms with E-state index in [0.717, 1.165) is 26.6 Å². The summed E-state index contributed by atoms with van der Waals surface area (Å²) in [5.41, 5.74) is 1.89. The summed E-state index contributed by atoms with van der Waals surface area (Å²) in [6.45, 7) is 4.77. The largest absolute Gasteiger partial charge is 0.391 e. The van der Waals surface area contributed by atoms with Crippen LogP contribution in [0.25, 0.3) is 21.6 Å². The fraction of sp³-hybridized carbons (Fsp3) is 0.353. The van der Waals surface area contributed by atoms with Gasteiger partial charge >= 0.3 is 0 Å². The smallest absolute Gasteiger partial charge is 0.172 e. The van der Waals surface area contributed by atoms with Crippen LogP contribution in [0.2, 0.25) is 0 Å². The lowest BCUT2D eigenvalue weighted by atomic mass is 10.2. The fourth-order valence-electron chi connectivity index (χ4n) is 2.77. The van der Waals surface area contributed by atoms with Crippen LogP contribution in [0.15, 0.2) is 30.9 Å². The molecule has 3 heterocycles. The number of hydrogen-bond acceptors (Lipinski definition) is 7. The highest BCUT2D eigenvalue weighted by Crippen LogP contribution is 2.27. The van der Waals surface area contributed by atoms with Gasteiger partial charge in [0.05, 0.1) is 27.9 Å². The van der Waals surface area contributed by atoms with E-state index in [1.165, 1.54) is 6.33 Å². The molecule has 4 aromatic rings. The number of fused-ring (bicyclic) bond motifs is 1. The molecule has 4 rings (SSSR count). The lowest BCUT2D eigenvalue weighted by molar-refractivity contribution is 0.145. The van der Waals surface area contributed by atoms with Crippen LogP contribution >= 0.6 is 11.3 Å². The van der Waals surface area contributed by atoms with Gasteiger partial charge in [-0.2, -0.15) is 10.2 Å². The van der Waals surface area contributed by atoms with Crippen LogP contribution in [0, 0.1) is 6.92 Å². The van der Waals surface area contributed by atoms with Crippen LogP contribution in [-0.2, 0) is 13.1 Å². The molecule has 0 bridgehead atoms. The number of hydrogen-bond donors (Lipinski definition) is 1. The first-order valence-corrected chi connectivity index (χ1v) is 9.26. The van der Waals surface area contributed by atoms with Gasteiger partial charge in [-0.25, -0.2) is 24.3 Å². The molecular weight excluding hydrogens is 350 g/mol. The van der Waals surface area contributed by atoms with Crippen LogP contribution in [0.1, 0.15) is 24.2 Å². The van der Waals surface area contributed by atoms with Crippen molar-refractivity contribution in [3.63, 3.8) is 0 Å². The molecule has 0 radical (unpaired) electrons. The minimum atomic E-state index is -0.472. The summed E-state index contributed by atoms with van der Waals surface area (Å²) in [5, 5.41) is 19.8. The summed E-state index contributed by atoms with van der Waals surface area (Å²) in [7, 11) is 0. The summed E-state index contributed by atoms with van der Waals surface area (Å²) >= 11 is 1.67. The molecule has 26 heavy (non-hydrogen) atoms. The molecule has 8 nitrogen and oxygen atoms in total. The molecule has 3 aromatic heterocycles. The van der Waals surface area contributed by atoms with Crippen molar-refractivity contribution in [2.75, 3.05) is 0 Å². The minimum Gasteiger partial charge on any atom is -0.391 e. The van der Waals surface area contributed by atoms with Crippen LogP contribution in [0.3, 0.4) is 0 Å². The number of aliphatic hydroxyl groups is 1. The molecule has 0 fully saturated rings. The first kappa shape index (κ1) is 16.8. The topological polar surface area (TPSA) is 94.5 Å². The van der Waals surface area contributed by atoms with E-state index in [1.54, 1.807) is 27.0 Å². The zero-order chi connectivity index (χ0) is 18.1. The molecule has 1 aromatic carbocycles. The van der Waals surface area contributed by atoms with E-state index in [-0.39, 0.29) is 0 Å². The van der Waals surface area contributed by atoms with E-state index in [1.807, 2.05) is 26.0 Å². The summed E-state index contributed by atoms with van der Waals surface area (Å²) in [5.74, 6) is 1.35. The van der Waals surface area contributed by atoms with Gasteiger partial charge in [-0.3, -0.25) is 0 Å². The molecule has 1 atom stereocenters. The maximum atomic E-state index is 10.1. The van der Waals surface area contributed by atoms with Crippen molar-refractivity contribution < 1.29 is 5.11 Å². The monoisotopic (exact) mass is 369 g/mol. The molecule has 0 aliphatic rings. The standard InChI is InChI=1S/C17H19N7OS/c1-3-13(25)7-24-17(21-16(22-24)8-23-10-18-9-19-23)12-4-5-15-14(6-12)20-11(2)26-15/h4-6,9-10,13,25H,3,7-8H2,1-2H3. The van der Waals surface area contributed by atoms with E-state index in [4.69, 9.17) is 0 Å². The molecule has 134 valence electrons. The molecule has 0 aliphatic carbocycles. The molecule has 1 N–H and O–H groups in total. The van der Waals surface area contributed by atoms with Crippen LogP contribution in [-0.4, -0.2) is 45.7 Å². The third-order valence-corrected chi connectivity index (χ3v) is 5.05. The third-order valence-electron chi connectivity index (χ3n) is 4.09. The van der Waals surface area contributed by atoms with Gasteiger partial charge in [0.15, 0.2) is 11.6 Å². The third kappa shape index (κ3) is 3.35. The van der Waals surface area contributed by atoms with Crippen molar-refractivity contribution >= 4 is 21.6 Å². The normalized spacial score (nSPS) is 12.7. The fourth-order valence-corrected chi connectivity index (χ4v) is 3.57. The maximum absolute atomic E-state index is 10.1. The van der Waals surface area contributed by atoms with Gasteiger partial charge in [0.25, 0.3) is 0 Å². The van der Waals surface area contributed by atoms with Gasteiger partial charge in [-0.1, -0.05) is 6.92 Å². The molecule has 0 saturated heterocycles. The molecule has 0 aliphatic heterocycles. The lowest BCUT2D eigenvalue weighted by Gasteiger charge is -2.10. The molecular formula is C17H19N7OS. The molecule has 0 amide bonds. The number of benzene rings is 1. The lowest BCUT2D eigenvalue weighted by Crippen LogP contribution is -2.17. The number of aromatic nitrogens is 7. The van der Waals surface area contributed by atoms with Crippen molar-refractivity contribution in [2.45, 2.75) is 39.5 Å². The quantitative estimate of drug-likeness (QED) is 0.560. The Balaban J connectivity index is 1.74. The van der Waals surface area contributed by atoms with Crippen molar-refractivity contribution in [1.29, 1.82) is 0 Å². The number of rotatable bonds is 6. The Morgan fingerprint density at radius 2 is 2.15 bits per heavy atom. The Morgan fingerprint density at radius 1 is 1.27 bits per heavy atom. The van der Waals surface area contributed by atoms with Gasteiger partial charge in [-0.05, 0) is 31.5 Å². The maximum Gasteiger partial charge on any atom is 0.172 e. The van der Waals surface area contributed by atoms with E-state index in [2.05, 4.69) is 31.2 Å². The Bertz CT molecular complexity index is 1020. The van der Waals surface area contributed by atoms with Crippen molar-refractivity contribution in [3.8, 4) is 11.4 Å². The van der Waals surface area contributed by atoms with E-state index in [0.29, 0.717) is 25.3 Å². The first-order valence-electron chi connectivity index (χ1n) is 8.44. The highest BCUT2D eigenvalue weighted by atomic mass is 32.1. The average Bonchev–Trinajstić information content (AvgIpc) is 3.34. The number of aryl methyl sites for hydroxylation is 1. The summed E-state index contributed by atoms with van der Waals surface area (Å²) in [6, 6.07) is 6.11. The Hall–Kier alpha value is -2.65. The SMILES string of the molecule is CCC(O)Cn1nc(Cn2cncn2)nc1-c1ccc2sc(C)nc2c1. The molecule has 1 unspecified atom stereocenters. The van der Waals surface area contributed by atoms with Crippen LogP contribution < -0.4 is 0 Å². The zero-order valence-corrected chi connectivity index (χ0v) is 15.4. The van der Waals surface area contributed by atoms with Gasteiger partial charge in [0.2, 0.25) is 0 Å². The second-order valence-corrected chi connectivity index (χ2v) is 7.34. The zero-order valence-electron chi connectivity index (χ0n) is 14.6. The van der Waals surface area contributed by atoms with Crippen molar-refractivity contribution in [2.24, 2.45) is 0 Å². The molecule has 9 heteroatoms. The Labute approximate surface area is 154 Å². The number of nitrogens with zero attached hydrogens (tertiary/aromatic N) is 7. The van der Waals surface area contributed by atoms with Gasteiger partial charge in [0, 0.05) is 5.56 Å². The van der Waals surface area contributed by atoms with E-state index in [9.17, 15) is 5.11 Å². The average molecular weight is 369 g/mol. The summed E-state index contributed by atoms with van der Waals surface area (Å²) < 4.78 is 4.58. The minimum absolute atomic E-state index is 0.393. The highest BCUT2D eigenvalue weighted by molar-refractivity contribution is 7.18. The molecule has 0 saturated carbocycles. The predicted octanol–water partition coefficient (Wildman–Crippen LogP) is 2.27. The van der Waals surface area contributed by atoms with E-state index >= 15 is 0 Å². The van der Waals surface area contributed by atoms with Crippen LogP contribution in [0.5, 0.6) is 0 Å². The van der Waals surface area contributed by atoms with Gasteiger partial charge in [-0.15, -0.1) is 11.3 Å². The Morgan fingerprint density at radius 3 is 2.92 bits per heavy atom. The highest BCUT2D eigenvalue weighted by Gasteiger charge is 2.16. The number of thiazole rings is 1. The number of aliphatic hydroxyl groups excluding tert-OH is 1. The van der Waals surface area contributed by atoms with Crippen LogP contribution in [0.4, 0.5) is 0 Å². The summed E-state index contributed by atoms with van der Waals surface area (Å²) in [6.07, 6.45) is 3.30. The van der Waals surface area contributed by atoms with Gasteiger partial charge in [0.1, 0.15) is 19.2 Å².